The van der Waals surface area contributed by atoms with Crippen molar-refractivity contribution in [1.29, 1.82) is 0 Å². The number of hydrogen-bond donors (Lipinski definition) is 2. The van der Waals surface area contributed by atoms with Gasteiger partial charge in [0.05, 0.1) is 5.56 Å². The summed E-state index contributed by atoms with van der Waals surface area (Å²) in [4.78, 5) is 25.8. The Hall–Kier alpha value is -1.80. The third-order valence-electron chi connectivity index (χ3n) is 4.99. The van der Waals surface area contributed by atoms with Crippen LogP contribution in [0.4, 0.5) is 18.9 Å². The summed E-state index contributed by atoms with van der Waals surface area (Å²) in [6.45, 7) is 3.86. The molecule has 1 aromatic carbocycles. The maximum absolute atomic E-state index is 13.3. The molecule has 2 heterocycles. The fourth-order valence-electron chi connectivity index (χ4n) is 3.46. The van der Waals surface area contributed by atoms with Crippen molar-refractivity contribution in [1.82, 2.24) is 10.6 Å². The summed E-state index contributed by atoms with van der Waals surface area (Å²) in [5.74, 6) is -0.566. The summed E-state index contributed by atoms with van der Waals surface area (Å²) in [7, 11) is 0. The number of anilines is 1. The van der Waals surface area contributed by atoms with Crippen LogP contribution in [0.3, 0.4) is 0 Å². The highest BCUT2D eigenvalue weighted by molar-refractivity contribution is 5.99. The van der Waals surface area contributed by atoms with Gasteiger partial charge in [-0.15, -0.1) is 12.4 Å². The van der Waals surface area contributed by atoms with E-state index in [0.717, 1.165) is 31.6 Å². The molecule has 2 unspecified atom stereocenters. The van der Waals surface area contributed by atoms with Gasteiger partial charge in [-0.3, -0.25) is 9.59 Å². The molecule has 2 amide bonds. The van der Waals surface area contributed by atoms with Gasteiger partial charge < -0.3 is 15.5 Å². The number of amides is 2. The summed E-state index contributed by atoms with van der Waals surface area (Å²) in [5.41, 5.74) is -0.857. The first kappa shape index (κ1) is 21.5. The molecule has 150 valence electrons. The standard InChI is InChI=1S/C18H22F3N3O2.ClH/c1-11-10-22-5-4-15(11)23-17(26)12-7-13(18(19,20)21)9-14(8-12)24-6-2-3-16(24)25;/h7-9,11,15,22H,2-6,10H2,1H3,(H,23,26);1H. The van der Waals surface area contributed by atoms with Crippen LogP contribution < -0.4 is 15.5 Å². The molecule has 0 aromatic heterocycles. The summed E-state index contributed by atoms with van der Waals surface area (Å²) >= 11 is 0. The number of carbonyl (C=O) groups excluding carboxylic acids is 2. The van der Waals surface area contributed by atoms with Crippen LogP contribution in [0.15, 0.2) is 18.2 Å². The molecule has 0 aliphatic carbocycles. The van der Waals surface area contributed by atoms with Gasteiger partial charge >= 0.3 is 6.18 Å². The van der Waals surface area contributed by atoms with Gasteiger partial charge in [0.25, 0.3) is 5.91 Å². The molecule has 0 radical (unpaired) electrons. The highest BCUT2D eigenvalue weighted by Crippen LogP contribution is 2.34. The number of hydrogen-bond acceptors (Lipinski definition) is 3. The van der Waals surface area contributed by atoms with Crippen LogP contribution >= 0.6 is 12.4 Å². The summed E-state index contributed by atoms with van der Waals surface area (Å²) in [6, 6.07) is 3.08. The van der Waals surface area contributed by atoms with Gasteiger partial charge in [0.1, 0.15) is 0 Å². The second kappa shape index (κ2) is 8.48. The molecule has 2 aliphatic rings. The van der Waals surface area contributed by atoms with Gasteiger partial charge in [0.2, 0.25) is 5.91 Å². The fourth-order valence-corrected chi connectivity index (χ4v) is 3.46. The highest BCUT2D eigenvalue weighted by atomic mass is 35.5. The Kier molecular flexibility index (Phi) is 6.75. The van der Waals surface area contributed by atoms with Crippen LogP contribution in [-0.4, -0.2) is 37.5 Å². The Labute approximate surface area is 162 Å². The highest BCUT2D eigenvalue weighted by Gasteiger charge is 2.34. The molecule has 2 fully saturated rings. The second-order valence-electron chi connectivity index (χ2n) is 6.97. The van der Waals surface area contributed by atoms with E-state index in [9.17, 15) is 22.8 Å². The molecule has 2 atom stereocenters. The number of benzene rings is 1. The van der Waals surface area contributed by atoms with Gasteiger partial charge in [-0.05, 0) is 50.0 Å². The van der Waals surface area contributed by atoms with Crippen molar-refractivity contribution in [3.8, 4) is 0 Å². The van der Waals surface area contributed by atoms with Gasteiger partial charge in [-0.25, -0.2) is 0 Å². The topological polar surface area (TPSA) is 61.4 Å². The van der Waals surface area contributed by atoms with E-state index in [1.165, 1.54) is 11.0 Å². The predicted molar refractivity (Wildman–Crippen MR) is 98.2 cm³/mol. The monoisotopic (exact) mass is 405 g/mol. The fraction of sp³-hybridized carbons (Fsp3) is 0.556. The maximum Gasteiger partial charge on any atom is 0.416 e. The van der Waals surface area contributed by atoms with E-state index >= 15 is 0 Å². The first-order valence-corrected chi connectivity index (χ1v) is 8.80. The average Bonchev–Trinajstić information content (AvgIpc) is 3.02. The van der Waals surface area contributed by atoms with Crippen molar-refractivity contribution >= 4 is 29.9 Å². The molecular weight excluding hydrogens is 383 g/mol. The lowest BCUT2D eigenvalue weighted by atomic mass is 9.95. The normalized spacial score (nSPS) is 23.1. The van der Waals surface area contributed by atoms with Crippen LogP contribution in [0, 0.1) is 5.92 Å². The zero-order chi connectivity index (χ0) is 18.9. The Morgan fingerprint density at radius 3 is 2.63 bits per heavy atom. The van der Waals surface area contributed by atoms with Crippen LogP contribution in [0.5, 0.6) is 0 Å². The second-order valence-corrected chi connectivity index (χ2v) is 6.97. The molecule has 2 aliphatic heterocycles. The zero-order valence-corrected chi connectivity index (χ0v) is 15.8. The first-order chi connectivity index (χ1) is 12.3. The third-order valence-corrected chi connectivity index (χ3v) is 4.99. The van der Waals surface area contributed by atoms with E-state index in [1.807, 2.05) is 6.92 Å². The molecular formula is C18H23ClF3N3O2. The van der Waals surface area contributed by atoms with E-state index < -0.39 is 17.6 Å². The van der Waals surface area contributed by atoms with E-state index in [-0.39, 0.29) is 41.5 Å². The van der Waals surface area contributed by atoms with Crippen LogP contribution in [0.2, 0.25) is 0 Å². The Bertz CT molecular complexity index is 712. The third kappa shape index (κ3) is 4.93. The Morgan fingerprint density at radius 1 is 1.30 bits per heavy atom. The van der Waals surface area contributed by atoms with Gasteiger partial charge in [-0.2, -0.15) is 13.2 Å². The van der Waals surface area contributed by atoms with Crippen molar-refractivity contribution in [3.63, 3.8) is 0 Å². The lowest BCUT2D eigenvalue weighted by molar-refractivity contribution is -0.137. The van der Waals surface area contributed by atoms with Gasteiger partial charge in [-0.1, -0.05) is 6.92 Å². The first-order valence-electron chi connectivity index (χ1n) is 8.80. The molecule has 1 aromatic rings. The summed E-state index contributed by atoms with van der Waals surface area (Å²) in [6.07, 6.45) is -2.95. The SMILES string of the molecule is CC1CNCCC1NC(=O)c1cc(N2CCCC2=O)cc(C(F)(F)F)c1.Cl. The molecule has 3 rings (SSSR count). The minimum Gasteiger partial charge on any atom is -0.349 e. The minimum atomic E-state index is -4.59. The minimum absolute atomic E-state index is 0. The number of rotatable bonds is 3. The Balaban J connectivity index is 0.00000261. The number of piperidine rings is 1. The molecule has 9 heteroatoms. The lowest BCUT2D eigenvalue weighted by Gasteiger charge is -2.30. The molecule has 2 saturated heterocycles. The Morgan fingerprint density at radius 2 is 2.04 bits per heavy atom. The zero-order valence-electron chi connectivity index (χ0n) is 14.9. The molecule has 5 nitrogen and oxygen atoms in total. The summed E-state index contributed by atoms with van der Waals surface area (Å²) < 4.78 is 39.8. The van der Waals surface area contributed by atoms with E-state index in [1.54, 1.807) is 0 Å². The van der Waals surface area contributed by atoms with Crippen molar-refractivity contribution in [2.45, 2.75) is 38.4 Å². The van der Waals surface area contributed by atoms with E-state index in [2.05, 4.69) is 10.6 Å². The van der Waals surface area contributed by atoms with Crippen LogP contribution in [0.25, 0.3) is 0 Å². The molecule has 0 bridgehead atoms. The largest absolute Gasteiger partial charge is 0.416 e. The summed E-state index contributed by atoms with van der Waals surface area (Å²) in [5, 5.41) is 6.06. The smallest absolute Gasteiger partial charge is 0.349 e. The number of halogens is 4. The van der Waals surface area contributed by atoms with Crippen molar-refractivity contribution < 1.29 is 22.8 Å². The number of nitrogens with zero attached hydrogens (tertiary/aromatic N) is 1. The predicted octanol–water partition coefficient (Wildman–Crippen LogP) is 2.98. The molecule has 0 saturated carbocycles. The average molecular weight is 406 g/mol. The van der Waals surface area contributed by atoms with E-state index in [4.69, 9.17) is 0 Å². The lowest BCUT2D eigenvalue weighted by Crippen LogP contribution is -2.48. The van der Waals surface area contributed by atoms with Crippen molar-refractivity contribution in [2.24, 2.45) is 5.92 Å². The molecule has 27 heavy (non-hydrogen) atoms. The van der Waals surface area contributed by atoms with Gasteiger partial charge in [0.15, 0.2) is 0 Å². The quantitative estimate of drug-likeness (QED) is 0.812. The number of nitrogens with one attached hydrogen (secondary N) is 2. The van der Waals surface area contributed by atoms with E-state index in [0.29, 0.717) is 19.4 Å². The van der Waals surface area contributed by atoms with Crippen LogP contribution in [-0.2, 0) is 11.0 Å². The number of carbonyl (C=O) groups is 2. The number of alkyl halides is 3. The molecule has 0 spiro atoms. The van der Waals surface area contributed by atoms with Crippen LogP contribution in [0.1, 0.15) is 42.1 Å². The maximum atomic E-state index is 13.3. The molecule has 2 N–H and O–H groups in total. The van der Waals surface area contributed by atoms with Gasteiger partial charge in [0, 0.05) is 30.3 Å². The van der Waals surface area contributed by atoms with Crippen molar-refractivity contribution in [3.05, 3.63) is 29.3 Å². The van der Waals surface area contributed by atoms with Crippen molar-refractivity contribution in [2.75, 3.05) is 24.5 Å².